The van der Waals surface area contributed by atoms with E-state index >= 15 is 0 Å². The molecule has 23 heavy (non-hydrogen) atoms. The molecule has 0 atom stereocenters. The van der Waals surface area contributed by atoms with Crippen molar-refractivity contribution in [1.82, 2.24) is 5.32 Å². The Labute approximate surface area is 139 Å². The molecule has 2 aromatic rings. The zero-order valence-electron chi connectivity index (χ0n) is 13.7. The van der Waals surface area contributed by atoms with Crippen molar-refractivity contribution in [3.8, 4) is 0 Å². The highest BCUT2D eigenvalue weighted by molar-refractivity contribution is 5.14. The molecule has 0 saturated heterocycles. The molecule has 0 fully saturated rings. The van der Waals surface area contributed by atoms with Gasteiger partial charge in [-0.3, -0.25) is 0 Å². The molecule has 2 aromatic carbocycles. The SMILES string of the molecule is c1ccc(COCCCCNCCOCc2ccccc2)cc1. The van der Waals surface area contributed by atoms with E-state index in [0.29, 0.717) is 13.2 Å². The minimum absolute atomic E-state index is 0.690. The van der Waals surface area contributed by atoms with Crippen molar-refractivity contribution >= 4 is 0 Å². The minimum atomic E-state index is 0.690. The molecule has 3 nitrogen and oxygen atoms in total. The molecule has 0 aliphatic heterocycles. The zero-order valence-corrected chi connectivity index (χ0v) is 13.7. The number of nitrogens with one attached hydrogen (secondary N) is 1. The molecular weight excluding hydrogens is 286 g/mol. The molecule has 0 saturated carbocycles. The van der Waals surface area contributed by atoms with Gasteiger partial charge in [-0.05, 0) is 30.5 Å². The Morgan fingerprint density at radius 1 is 0.609 bits per heavy atom. The fraction of sp³-hybridized carbons (Fsp3) is 0.400. The molecule has 0 amide bonds. The molecule has 1 N–H and O–H groups in total. The van der Waals surface area contributed by atoms with Crippen molar-refractivity contribution in [1.29, 1.82) is 0 Å². The topological polar surface area (TPSA) is 30.5 Å². The van der Waals surface area contributed by atoms with Gasteiger partial charge in [0.15, 0.2) is 0 Å². The van der Waals surface area contributed by atoms with Crippen molar-refractivity contribution in [2.24, 2.45) is 0 Å². The average molecular weight is 313 g/mol. The molecule has 0 aliphatic rings. The van der Waals surface area contributed by atoms with E-state index in [0.717, 1.165) is 39.1 Å². The molecule has 0 unspecified atom stereocenters. The van der Waals surface area contributed by atoms with Gasteiger partial charge >= 0.3 is 0 Å². The highest BCUT2D eigenvalue weighted by atomic mass is 16.5. The lowest BCUT2D eigenvalue weighted by Gasteiger charge is -2.07. The van der Waals surface area contributed by atoms with Crippen molar-refractivity contribution < 1.29 is 9.47 Å². The number of hydrogen-bond acceptors (Lipinski definition) is 3. The summed E-state index contributed by atoms with van der Waals surface area (Å²) in [6.07, 6.45) is 2.22. The summed E-state index contributed by atoms with van der Waals surface area (Å²) in [5.74, 6) is 0. The summed E-state index contributed by atoms with van der Waals surface area (Å²) in [5, 5.41) is 3.40. The molecule has 0 aliphatic carbocycles. The molecule has 124 valence electrons. The summed E-state index contributed by atoms with van der Waals surface area (Å²) >= 11 is 0. The van der Waals surface area contributed by atoms with Crippen LogP contribution in [0, 0.1) is 0 Å². The molecule has 2 rings (SSSR count). The van der Waals surface area contributed by atoms with E-state index < -0.39 is 0 Å². The predicted molar refractivity (Wildman–Crippen MR) is 94.3 cm³/mol. The van der Waals surface area contributed by atoms with Gasteiger partial charge in [0.05, 0.1) is 19.8 Å². The number of unbranched alkanes of at least 4 members (excludes halogenated alkanes) is 1. The van der Waals surface area contributed by atoms with E-state index in [1.165, 1.54) is 11.1 Å². The van der Waals surface area contributed by atoms with Gasteiger partial charge < -0.3 is 14.8 Å². The highest BCUT2D eigenvalue weighted by Gasteiger charge is 1.94. The van der Waals surface area contributed by atoms with Crippen LogP contribution in [0.4, 0.5) is 0 Å². The zero-order chi connectivity index (χ0) is 16.0. The molecule has 3 heteroatoms. The fourth-order valence-corrected chi connectivity index (χ4v) is 2.25. The van der Waals surface area contributed by atoms with Gasteiger partial charge in [-0.1, -0.05) is 60.7 Å². The Balaban J connectivity index is 1.34. The second-order valence-electron chi connectivity index (χ2n) is 5.53. The lowest BCUT2D eigenvalue weighted by Crippen LogP contribution is -2.21. The van der Waals surface area contributed by atoms with Gasteiger partial charge in [0.2, 0.25) is 0 Å². The third-order valence-corrected chi connectivity index (χ3v) is 3.54. The summed E-state index contributed by atoms with van der Waals surface area (Å²) in [6, 6.07) is 20.6. The lowest BCUT2D eigenvalue weighted by molar-refractivity contribution is 0.115. The number of ether oxygens (including phenoxy) is 2. The summed E-state index contributed by atoms with van der Waals surface area (Å²) < 4.78 is 11.3. The van der Waals surface area contributed by atoms with Gasteiger partial charge in [-0.15, -0.1) is 0 Å². The Kier molecular flexibility index (Phi) is 9.09. The average Bonchev–Trinajstić information content (AvgIpc) is 2.61. The van der Waals surface area contributed by atoms with Crippen molar-refractivity contribution in [3.63, 3.8) is 0 Å². The predicted octanol–water partition coefficient (Wildman–Crippen LogP) is 3.79. The first-order chi connectivity index (χ1) is 11.4. The number of rotatable bonds is 12. The Morgan fingerprint density at radius 2 is 1.17 bits per heavy atom. The van der Waals surface area contributed by atoms with Crippen molar-refractivity contribution in [2.75, 3.05) is 26.3 Å². The standard InChI is InChI=1S/C20H27NO2/c1-3-9-19(10-4-1)17-22-15-8-7-13-21-14-16-23-18-20-11-5-2-6-12-20/h1-6,9-12,21H,7-8,13-18H2. The van der Waals surface area contributed by atoms with E-state index in [1.54, 1.807) is 0 Å². The normalized spacial score (nSPS) is 10.8. The Hall–Kier alpha value is -1.68. The third-order valence-electron chi connectivity index (χ3n) is 3.54. The van der Waals surface area contributed by atoms with Gasteiger partial charge in [-0.25, -0.2) is 0 Å². The maximum atomic E-state index is 5.66. The summed E-state index contributed by atoms with van der Waals surface area (Å²) in [7, 11) is 0. The molecular formula is C20H27NO2. The maximum Gasteiger partial charge on any atom is 0.0717 e. The van der Waals surface area contributed by atoms with Crippen LogP contribution in [0.2, 0.25) is 0 Å². The van der Waals surface area contributed by atoms with E-state index in [2.05, 4.69) is 29.6 Å². The summed E-state index contributed by atoms with van der Waals surface area (Å²) in [6.45, 7) is 4.89. The lowest BCUT2D eigenvalue weighted by atomic mass is 10.2. The van der Waals surface area contributed by atoms with Crippen LogP contribution in [-0.2, 0) is 22.7 Å². The van der Waals surface area contributed by atoms with Crippen LogP contribution < -0.4 is 5.32 Å². The van der Waals surface area contributed by atoms with E-state index in [1.807, 2.05) is 36.4 Å². The van der Waals surface area contributed by atoms with Crippen molar-refractivity contribution in [3.05, 3.63) is 71.8 Å². The molecule has 0 bridgehead atoms. The first-order valence-corrected chi connectivity index (χ1v) is 8.39. The second-order valence-corrected chi connectivity index (χ2v) is 5.53. The Morgan fingerprint density at radius 3 is 1.78 bits per heavy atom. The Bertz CT molecular complexity index is 454. The fourth-order valence-electron chi connectivity index (χ4n) is 2.25. The smallest absolute Gasteiger partial charge is 0.0717 e. The van der Waals surface area contributed by atoms with Gasteiger partial charge in [0.25, 0.3) is 0 Å². The minimum Gasteiger partial charge on any atom is -0.377 e. The van der Waals surface area contributed by atoms with Crippen LogP contribution in [-0.4, -0.2) is 26.3 Å². The van der Waals surface area contributed by atoms with Gasteiger partial charge in [-0.2, -0.15) is 0 Å². The number of hydrogen-bond donors (Lipinski definition) is 1. The quantitative estimate of drug-likeness (QED) is 0.605. The molecule has 0 aromatic heterocycles. The molecule has 0 spiro atoms. The van der Waals surface area contributed by atoms with E-state index in [9.17, 15) is 0 Å². The van der Waals surface area contributed by atoms with Crippen LogP contribution in [0.5, 0.6) is 0 Å². The third kappa shape index (κ3) is 8.50. The van der Waals surface area contributed by atoms with Gasteiger partial charge in [0.1, 0.15) is 0 Å². The van der Waals surface area contributed by atoms with Crippen molar-refractivity contribution in [2.45, 2.75) is 26.1 Å². The molecule has 0 heterocycles. The van der Waals surface area contributed by atoms with E-state index in [4.69, 9.17) is 9.47 Å². The van der Waals surface area contributed by atoms with Crippen LogP contribution in [0.3, 0.4) is 0 Å². The van der Waals surface area contributed by atoms with Crippen LogP contribution in [0.15, 0.2) is 60.7 Å². The first kappa shape index (κ1) is 17.7. The first-order valence-electron chi connectivity index (χ1n) is 8.39. The van der Waals surface area contributed by atoms with Crippen LogP contribution in [0.1, 0.15) is 24.0 Å². The summed E-state index contributed by atoms with van der Waals surface area (Å²) in [4.78, 5) is 0. The maximum absolute atomic E-state index is 5.66. The highest BCUT2D eigenvalue weighted by Crippen LogP contribution is 2.01. The number of benzene rings is 2. The van der Waals surface area contributed by atoms with Gasteiger partial charge in [0, 0.05) is 13.2 Å². The monoisotopic (exact) mass is 313 g/mol. The second kappa shape index (κ2) is 11.8. The van der Waals surface area contributed by atoms with Crippen LogP contribution >= 0.6 is 0 Å². The molecule has 0 radical (unpaired) electrons. The van der Waals surface area contributed by atoms with E-state index in [-0.39, 0.29) is 0 Å². The van der Waals surface area contributed by atoms with Crippen LogP contribution in [0.25, 0.3) is 0 Å². The summed E-state index contributed by atoms with van der Waals surface area (Å²) in [5.41, 5.74) is 2.46. The largest absolute Gasteiger partial charge is 0.377 e.